The second-order valence-corrected chi connectivity index (χ2v) is 5.67. The number of esters is 1. The molecule has 106 valence electrons. The van der Waals surface area contributed by atoms with Crippen molar-refractivity contribution in [2.45, 2.75) is 38.6 Å². The third-order valence-corrected chi connectivity index (χ3v) is 3.65. The van der Waals surface area contributed by atoms with Crippen molar-refractivity contribution in [3.8, 4) is 0 Å². The molecule has 0 aliphatic carbocycles. The molecule has 2 N–H and O–H groups in total. The van der Waals surface area contributed by atoms with E-state index in [4.69, 9.17) is 5.11 Å². The second-order valence-electron chi connectivity index (χ2n) is 3.80. The minimum absolute atomic E-state index is 0.225. The lowest BCUT2D eigenvalue weighted by atomic mass is 10.1. The molecule has 0 aromatic carbocycles. The van der Waals surface area contributed by atoms with Crippen LogP contribution in [-0.2, 0) is 24.3 Å². The van der Waals surface area contributed by atoms with Crippen molar-refractivity contribution in [2.24, 2.45) is 0 Å². The van der Waals surface area contributed by atoms with Crippen molar-refractivity contribution in [1.29, 1.82) is 0 Å². The molecule has 0 aliphatic rings. The minimum Gasteiger partial charge on any atom is -0.480 e. The smallest absolute Gasteiger partial charge is 0.321 e. The third kappa shape index (κ3) is 7.23. The standard InChI is InChI=1S/C10H19NO6S/c1-3-4-5-8(10(13)14)11-18(15,16)7-6-9(12)17-2/h8,11H,3-7H2,1-2H3,(H,13,14). The predicted molar refractivity (Wildman–Crippen MR) is 64.5 cm³/mol. The van der Waals surface area contributed by atoms with Gasteiger partial charge in [0.15, 0.2) is 0 Å². The molecule has 7 nitrogen and oxygen atoms in total. The van der Waals surface area contributed by atoms with E-state index < -0.39 is 33.8 Å². The van der Waals surface area contributed by atoms with Crippen molar-refractivity contribution in [2.75, 3.05) is 12.9 Å². The fourth-order valence-corrected chi connectivity index (χ4v) is 2.44. The Bertz CT molecular complexity index is 378. The summed E-state index contributed by atoms with van der Waals surface area (Å²) in [6.45, 7) is 1.88. The summed E-state index contributed by atoms with van der Waals surface area (Å²) < 4.78 is 29.5. The highest BCUT2D eigenvalue weighted by Gasteiger charge is 2.23. The maximum atomic E-state index is 11.5. The lowest BCUT2D eigenvalue weighted by Gasteiger charge is -2.13. The minimum atomic E-state index is -3.79. The number of aliphatic carboxylic acids is 1. The van der Waals surface area contributed by atoms with Crippen molar-refractivity contribution in [1.82, 2.24) is 4.72 Å². The lowest BCUT2D eigenvalue weighted by Crippen LogP contribution is -2.42. The summed E-state index contributed by atoms with van der Waals surface area (Å²) in [7, 11) is -2.64. The van der Waals surface area contributed by atoms with Gasteiger partial charge in [0.2, 0.25) is 10.0 Å². The normalized spacial score (nSPS) is 13.0. The van der Waals surface area contributed by atoms with Gasteiger partial charge in [0.05, 0.1) is 19.3 Å². The first kappa shape index (κ1) is 16.9. The molecule has 1 unspecified atom stereocenters. The quantitative estimate of drug-likeness (QED) is 0.581. The number of carbonyl (C=O) groups excluding carboxylic acids is 1. The summed E-state index contributed by atoms with van der Waals surface area (Å²) in [6, 6.07) is -1.15. The van der Waals surface area contributed by atoms with E-state index in [-0.39, 0.29) is 12.8 Å². The summed E-state index contributed by atoms with van der Waals surface area (Å²) in [5.41, 5.74) is 0. The topological polar surface area (TPSA) is 110 Å². The summed E-state index contributed by atoms with van der Waals surface area (Å²) in [6.07, 6.45) is 1.30. The molecule has 1 atom stereocenters. The van der Waals surface area contributed by atoms with Gasteiger partial charge in [0, 0.05) is 0 Å². The van der Waals surface area contributed by atoms with Crippen LogP contribution in [0, 0.1) is 0 Å². The zero-order valence-electron chi connectivity index (χ0n) is 10.5. The van der Waals surface area contributed by atoms with Crippen molar-refractivity contribution < 1.29 is 27.9 Å². The van der Waals surface area contributed by atoms with Gasteiger partial charge in [0.1, 0.15) is 6.04 Å². The van der Waals surface area contributed by atoms with Gasteiger partial charge in [-0.2, -0.15) is 0 Å². The molecule has 0 rings (SSSR count). The average molecular weight is 281 g/mol. The number of ether oxygens (including phenoxy) is 1. The summed E-state index contributed by atoms with van der Waals surface area (Å²) in [5.74, 6) is -2.35. The number of nitrogens with one attached hydrogen (secondary N) is 1. The van der Waals surface area contributed by atoms with Crippen LogP contribution in [0.1, 0.15) is 32.6 Å². The van der Waals surface area contributed by atoms with Crippen LogP contribution in [-0.4, -0.2) is 44.4 Å². The largest absolute Gasteiger partial charge is 0.480 e. The Balaban J connectivity index is 4.41. The van der Waals surface area contributed by atoms with E-state index in [9.17, 15) is 18.0 Å². The van der Waals surface area contributed by atoms with Gasteiger partial charge in [-0.15, -0.1) is 0 Å². The Labute approximate surface area is 107 Å². The number of methoxy groups -OCH3 is 1. The molecular weight excluding hydrogens is 262 g/mol. The highest BCUT2D eigenvalue weighted by molar-refractivity contribution is 7.89. The SMILES string of the molecule is CCCCC(NS(=O)(=O)CCC(=O)OC)C(=O)O. The number of carboxylic acids is 1. The van der Waals surface area contributed by atoms with E-state index in [1.54, 1.807) is 0 Å². The molecule has 0 bridgehead atoms. The lowest BCUT2D eigenvalue weighted by molar-refractivity contribution is -0.140. The first-order chi connectivity index (χ1) is 8.32. The van der Waals surface area contributed by atoms with Gasteiger partial charge in [-0.3, -0.25) is 9.59 Å². The Morgan fingerprint density at radius 3 is 2.44 bits per heavy atom. The van der Waals surface area contributed by atoms with E-state index in [2.05, 4.69) is 9.46 Å². The molecule has 0 aliphatic heterocycles. The summed E-state index contributed by atoms with van der Waals surface area (Å²) in [5, 5.41) is 8.87. The van der Waals surface area contributed by atoms with E-state index in [1.165, 1.54) is 0 Å². The molecule has 0 amide bonds. The van der Waals surface area contributed by atoms with Crippen molar-refractivity contribution in [3.63, 3.8) is 0 Å². The number of unbranched alkanes of at least 4 members (excludes halogenated alkanes) is 1. The molecule has 0 saturated carbocycles. The first-order valence-electron chi connectivity index (χ1n) is 5.62. The van der Waals surface area contributed by atoms with Gasteiger partial charge >= 0.3 is 11.9 Å². The van der Waals surface area contributed by atoms with Gasteiger partial charge in [0.25, 0.3) is 0 Å². The Hall–Kier alpha value is -1.15. The fourth-order valence-electron chi connectivity index (χ4n) is 1.24. The molecular formula is C10H19NO6S. The van der Waals surface area contributed by atoms with Crippen LogP contribution in [0.3, 0.4) is 0 Å². The third-order valence-electron chi connectivity index (χ3n) is 2.27. The molecule has 0 aromatic heterocycles. The van der Waals surface area contributed by atoms with Crippen LogP contribution in [0.2, 0.25) is 0 Å². The summed E-state index contributed by atoms with van der Waals surface area (Å²) >= 11 is 0. The van der Waals surface area contributed by atoms with Crippen LogP contribution in [0.15, 0.2) is 0 Å². The Morgan fingerprint density at radius 1 is 1.39 bits per heavy atom. The van der Waals surface area contributed by atoms with Gasteiger partial charge < -0.3 is 9.84 Å². The van der Waals surface area contributed by atoms with E-state index >= 15 is 0 Å². The molecule has 18 heavy (non-hydrogen) atoms. The predicted octanol–water partition coefficient (Wildman–Crippen LogP) is 0.112. The Kier molecular flexibility index (Phi) is 7.53. The average Bonchev–Trinajstić information content (AvgIpc) is 2.31. The zero-order valence-corrected chi connectivity index (χ0v) is 11.3. The van der Waals surface area contributed by atoms with Crippen molar-refractivity contribution >= 4 is 22.0 Å². The summed E-state index contributed by atoms with van der Waals surface area (Å²) in [4.78, 5) is 21.7. The van der Waals surface area contributed by atoms with Crippen LogP contribution in [0.25, 0.3) is 0 Å². The molecule has 0 aromatic rings. The maximum absolute atomic E-state index is 11.5. The molecule has 0 fully saturated rings. The highest BCUT2D eigenvalue weighted by Crippen LogP contribution is 2.03. The first-order valence-corrected chi connectivity index (χ1v) is 7.27. The maximum Gasteiger partial charge on any atom is 0.321 e. The number of sulfonamides is 1. The van der Waals surface area contributed by atoms with Gasteiger partial charge in [-0.1, -0.05) is 19.8 Å². The fraction of sp³-hybridized carbons (Fsp3) is 0.800. The molecule has 8 heteroatoms. The van der Waals surface area contributed by atoms with E-state index in [1.807, 2.05) is 6.92 Å². The number of carbonyl (C=O) groups is 2. The van der Waals surface area contributed by atoms with Crippen LogP contribution in [0.4, 0.5) is 0 Å². The highest BCUT2D eigenvalue weighted by atomic mass is 32.2. The monoisotopic (exact) mass is 281 g/mol. The number of hydrogen-bond donors (Lipinski definition) is 2. The molecule has 0 radical (unpaired) electrons. The zero-order chi connectivity index (χ0) is 14.2. The molecule has 0 spiro atoms. The van der Waals surface area contributed by atoms with Crippen LogP contribution in [0.5, 0.6) is 0 Å². The number of rotatable bonds is 9. The van der Waals surface area contributed by atoms with Gasteiger partial charge in [-0.05, 0) is 6.42 Å². The van der Waals surface area contributed by atoms with Gasteiger partial charge in [-0.25, -0.2) is 13.1 Å². The Morgan fingerprint density at radius 2 is 2.00 bits per heavy atom. The van der Waals surface area contributed by atoms with Crippen LogP contribution < -0.4 is 4.72 Å². The second kappa shape index (κ2) is 8.04. The van der Waals surface area contributed by atoms with Crippen LogP contribution >= 0.6 is 0 Å². The van der Waals surface area contributed by atoms with E-state index in [0.29, 0.717) is 6.42 Å². The van der Waals surface area contributed by atoms with Crippen molar-refractivity contribution in [3.05, 3.63) is 0 Å². The number of carboxylic acid groups (broad SMARTS) is 1. The molecule has 0 heterocycles. The number of hydrogen-bond acceptors (Lipinski definition) is 5. The van der Waals surface area contributed by atoms with E-state index in [0.717, 1.165) is 13.5 Å². The molecule has 0 saturated heterocycles.